The Morgan fingerprint density at radius 3 is 2.62 bits per heavy atom. The summed E-state index contributed by atoms with van der Waals surface area (Å²) in [7, 11) is 1.72. The van der Waals surface area contributed by atoms with Gasteiger partial charge in [0.2, 0.25) is 6.29 Å². The Balaban J connectivity index is 0.000000463. The van der Waals surface area contributed by atoms with Crippen molar-refractivity contribution < 1.29 is 14.0 Å². The molecule has 1 rings (SSSR count). The maximum absolute atomic E-state index is 12.6. The Labute approximate surface area is 145 Å². The van der Waals surface area contributed by atoms with Gasteiger partial charge < -0.3 is 16.4 Å². The zero-order chi connectivity index (χ0) is 18.5. The normalized spacial score (nSPS) is 12.1. The van der Waals surface area contributed by atoms with E-state index < -0.39 is 17.8 Å². The van der Waals surface area contributed by atoms with E-state index in [1.165, 1.54) is 12.1 Å². The number of aliphatic imine (C=N–C) groups is 2. The molecule has 7 nitrogen and oxygen atoms in total. The van der Waals surface area contributed by atoms with Crippen LogP contribution in [0.5, 0.6) is 0 Å². The smallest absolute Gasteiger partial charge is 0.284 e. The summed E-state index contributed by atoms with van der Waals surface area (Å²) in [6.07, 6.45) is 1.30. The first-order valence-corrected chi connectivity index (χ1v) is 7.44. The van der Waals surface area contributed by atoms with Crippen LogP contribution in [0.3, 0.4) is 0 Å². The van der Waals surface area contributed by atoms with Gasteiger partial charge in [0.15, 0.2) is 0 Å². The summed E-state index contributed by atoms with van der Waals surface area (Å²) in [6.45, 7) is 4.04. The number of anilines is 1. The van der Waals surface area contributed by atoms with Gasteiger partial charge in [0.25, 0.3) is 5.91 Å². The second kappa shape index (κ2) is 12.0. The molecule has 0 saturated heterocycles. The van der Waals surface area contributed by atoms with Gasteiger partial charge in [-0.3, -0.25) is 14.6 Å². The van der Waals surface area contributed by atoms with E-state index in [4.69, 9.17) is 17.3 Å². The topological polar surface area (TPSA) is 109 Å². The number of nitrogens with one attached hydrogen (secondary N) is 2. The van der Waals surface area contributed by atoms with Gasteiger partial charge in [-0.15, -0.1) is 0 Å². The predicted octanol–water partition coefficient (Wildman–Crippen LogP) is 1.62. The third kappa shape index (κ3) is 8.23. The molecule has 1 unspecified atom stereocenters. The van der Waals surface area contributed by atoms with Gasteiger partial charge in [-0.25, -0.2) is 9.38 Å². The molecular formula is C15H21ClFN5O2. The second-order valence-electron chi connectivity index (χ2n) is 4.34. The third-order valence-corrected chi connectivity index (χ3v) is 2.89. The summed E-state index contributed by atoms with van der Waals surface area (Å²) in [5.74, 6) is -0.702. The summed E-state index contributed by atoms with van der Waals surface area (Å²) in [5.41, 5.74) is 5.83. The van der Waals surface area contributed by atoms with Crippen LogP contribution in [0, 0.1) is 5.82 Å². The number of nitrogens with zero attached hydrogens (tertiary/aromatic N) is 2. The van der Waals surface area contributed by atoms with Gasteiger partial charge in [0, 0.05) is 19.3 Å². The lowest BCUT2D eigenvalue weighted by Gasteiger charge is -2.10. The van der Waals surface area contributed by atoms with Crippen molar-refractivity contribution in [3.05, 3.63) is 29.0 Å². The Bertz CT molecular complexity index is 608. The zero-order valence-corrected chi connectivity index (χ0v) is 14.5. The minimum absolute atomic E-state index is 0.152. The van der Waals surface area contributed by atoms with E-state index in [0.717, 1.165) is 12.0 Å². The molecule has 24 heavy (non-hydrogen) atoms. The molecule has 132 valence electrons. The number of aldehydes is 1. The van der Waals surface area contributed by atoms with Crippen molar-refractivity contribution in [2.75, 3.05) is 18.9 Å². The SMILES string of the molecule is CCN=C(N=CN)C(C)NC(=O)C=O.CNc1ccc(Cl)c(F)c1. The molecule has 1 amide bonds. The average molecular weight is 358 g/mol. The van der Waals surface area contributed by atoms with Gasteiger partial charge in [-0.05, 0) is 32.0 Å². The van der Waals surface area contributed by atoms with E-state index in [1.54, 1.807) is 20.0 Å². The molecule has 0 aliphatic carbocycles. The standard InChI is InChI=1S/C8H14N4O2.C7H7ClFN/c1-3-10-8(11-5-9)6(2)12-7(14)4-13;1-10-5-2-3-6(8)7(9)4-5/h4-6H,3H2,1-2H3,(H,12,14)(H2,9,10,11);2-4,10H,1H3. The zero-order valence-electron chi connectivity index (χ0n) is 13.7. The van der Waals surface area contributed by atoms with Crippen molar-refractivity contribution in [2.24, 2.45) is 15.7 Å². The summed E-state index contributed by atoms with van der Waals surface area (Å²) in [4.78, 5) is 28.6. The summed E-state index contributed by atoms with van der Waals surface area (Å²) < 4.78 is 12.6. The molecule has 9 heteroatoms. The van der Waals surface area contributed by atoms with E-state index >= 15 is 0 Å². The molecule has 0 saturated carbocycles. The van der Waals surface area contributed by atoms with E-state index in [2.05, 4.69) is 20.6 Å². The fraction of sp³-hybridized carbons (Fsp3) is 0.333. The summed E-state index contributed by atoms with van der Waals surface area (Å²) >= 11 is 5.43. The van der Waals surface area contributed by atoms with Crippen molar-refractivity contribution in [1.29, 1.82) is 0 Å². The lowest BCUT2D eigenvalue weighted by molar-refractivity contribution is -0.131. The minimum atomic E-state index is -0.700. The van der Waals surface area contributed by atoms with Crippen LogP contribution in [-0.2, 0) is 9.59 Å². The van der Waals surface area contributed by atoms with Gasteiger partial charge in [0.1, 0.15) is 11.7 Å². The maximum atomic E-state index is 12.6. The highest BCUT2D eigenvalue weighted by atomic mass is 35.5. The number of rotatable bonds is 5. The molecule has 0 spiro atoms. The van der Waals surface area contributed by atoms with Gasteiger partial charge in [-0.1, -0.05) is 11.6 Å². The molecule has 4 N–H and O–H groups in total. The molecule has 0 radical (unpaired) electrons. The molecule has 1 aromatic rings. The first-order valence-electron chi connectivity index (χ1n) is 7.06. The number of amidine groups is 1. The fourth-order valence-corrected chi connectivity index (χ4v) is 1.61. The highest BCUT2D eigenvalue weighted by Gasteiger charge is 2.11. The summed E-state index contributed by atoms with van der Waals surface area (Å²) in [6, 6.07) is 4.16. The van der Waals surface area contributed by atoms with Crippen LogP contribution in [0.4, 0.5) is 10.1 Å². The highest BCUT2D eigenvalue weighted by molar-refractivity contribution is 6.30. The average Bonchev–Trinajstić information content (AvgIpc) is 2.57. The number of amides is 1. The number of nitrogens with two attached hydrogens (primary N) is 1. The Kier molecular flexibility index (Phi) is 10.8. The maximum Gasteiger partial charge on any atom is 0.284 e. The molecule has 0 fully saturated rings. The van der Waals surface area contributed by atoms with E-state index in [1.807, 2.05) is 6.92 Å². The van der Waals surface area contributed by atoms with Crippen molar-refractivity contribution in [1.82, 2.24) is 5.32 Å². The summed E-state index contributed by atoms with van der Waals surface area (Å²) in [5, 5.41) is 5.34. The van der Waals surface area contributed by atoms with Crippen LogP contribution in [-0.4, -0.2) is 44.0 Å². The van der Waals surface area contributed by atoms with E-state index in [-0.39, 0.29) is 11.3 Å². The molecule has 1 atom stereocenters. The molecular weight excluding hydrogens is 337 g/mol. The molecule has 0 bridgehead atoms. The van der Waals surface area contributed by atoms with E-state index in [9.17, 15) is 14.0 Å². The first-order chi connectivity index (χ1) is 11.4. The Hall–Kier alpha value is -2.48. The predicted molar refractivity (Wildman–Crippen MR) is 95.3 cm³/mol. The largest absolute Gasteiger partial charge is 0.390 e. The monoisotopic (exact) mass is 357 g/mol. The van der Waals surface area contributed by atoms with Crippen molar-refractivity contribution in [2.45, 2.75) is 19.9 Å². The number of carbonyl (C=O) groups is 2. The second-order valence-corrected chi connectivity index (χ2v) is 4.74. The number of hydrogen-bond acceptors (Lipinski definition) is 4. The lowest BCUT2D eigenvalue weighted by atomic mass is 10.3. The van der Waals surface area contributed by atoms with Crippen LogP contribution in [0.15, 0.2) is 28.2 Å². The van der Waals surface area contributed by atoms with E-state index in [0.29, 0.717) is 12.4 Å². The number of benzene rings is 1. The molecule has 1 aromatic carbocycles. The van der Waals surface area contributed by atoms with Crippen LogP contribution in [0.2, 0.25) is 5.02 Å². The number of hydrogen-bond donors (Lipinski definition) is 3. The fourth-order valence-electron chi connectivity index (χ4n) is 1.49. The van der Waals surface area contributed by atoms with Crippen LogP contribution in [0.1, 0.15) is 13.8 Å². The van der Waals surface area contributed by atoms with Gasteiger partial charge in [0.05, 0.1) is 17.4 Å². The molecule has 0 heterocycles. The van der Waals surface area contributed by atoms with Gasteiger partial charge in [-0.2, -0.15) is 0 Å². The van der Waals surface area contributed by atoms with Crippen molar-refractivity contribution in [3.8, 4) is 0 Å². The van der Waals surface area contributed by atoms with Crippen LogP contribution >= 0.6 is 11.6 Å². The van der Waals surface area contributed by atoms with Crippen LogP contribution in [0.25, 0.3) is 0 Å². The van der Waals surface area contributed by atoms with Crippen LogP contribution < -0.4 is 16.4 Å². The van der Waals surface area contributed by atoms with Crippen molar-refractivity contribution >= 4 is 41.7 Å². The van der Waals surface area contributed by atoms with Crippen molar-refractivity contribution in [3.63, 3.8) is 0 Å². The Morgan fingerprint density at radius 2 is 2.17 bits per heavy atom. The first kappa shape index (κ1) is 21.5. The minimum Gasteiger partial charge on any atom is -0.390 e. The molecule has 0 aromatic heterocycles. The lowest BCUT2D eigenvalue weighted by Crippen LogP contribution is -2.38. The quantitative estimate of drug-likeness (QED) is 0.322. The van der Waals surface area contributed by atoms with Gasteiger partial charge >= 0.3 is 0 Å². The molecule has 0 aliphatic rings. The highest BCUT2D eigenvalue weighted by Crippen LogP contribution is 2.17. The molecule has 0 aliphatic heterocycles. The Morgan fingerprint density at radius 1 is 1.50 bits per heavy atom. The number of carbonyl (C=O) groups excluding carboxylic acids is 2. The third-order valence-electron chi connectivity index (χ3n) is 2.59. The number of halogens is 2.